The van der Waals surface area contributed by atoms with Crippen LogP contribution < -0.4 is 5.73 Å². The van der Waals surface area contributed by atoms with Crippen LogP contribution in [0.25, 0.3) is 0 Å². The maximum absolute atomic E-state index is 13.0. The SMILES string of the molecule is NCCN(C1CCCC1)S(=O)(=O)c1ccc2c(c1)CCC2. The third-order valence-corrected chi connectivity index (χ3v) is 6.71. The van der Waals surface area contributed by atoms with Gasteiger partial charge in [-0.1, -0.05) is 18.9 Å². The monoisotopic (exact) mass is 308 g/mol. The van der Waals surface area contributed by atoms with Crippen LogP contribution in [-0.2, 0) is 22.9 Å². The lowest BCUT2D eigenvalue weighted by atomic mass is 10.1. The Hall–Kier alpha value is -0.910. The van der Waals surface area contributed by atoms with Crippen molar-refractivity contribution in [2.45, 2.75) is 55.9 Å². The van der Waals surface area contributed by atoms with E-state index in [1.165, 1.54) is 11.1 Å². The molecule has 21 heavy (non-hydrogen) atoms. The molecule has 2 aliphatic rings. The van der Waals surface area contributed by atoms with Crippen LogP contribution in [0.1, 0.15) is 43.2 Å². The highest BCUT2D eigenvalue weighted by Gasteiger charge is 2.33. The summed E-state index contributed by atoms with van der Waals surface area (Å²) < 4.78 is 27.6. The van der Waals surface area contributed by atoms with Crippen molar-refractivity contribution >= 4 is 10.0 Å². The normalized spacial score (nSPS) is 19.3. The number of rotatable bonds is 5. The van der Waals surface area contributed by atoms with Gasteiger partial charge in [0.1, 0.15) is 0 Å². The molecule has 2 aliphatic carbocycles. The molecule has 1 saturated carbocycles. The number of hydrogen-bond acceptors (Lipinski definition) is 3. The molecule has 0 unspecified atom stereocenters. The van der Waals surface area contributed by atoms with Gasteiger partial charge in [-0.25, -0.2) is 8.42 Å². The molecule has 116 valence electrons. The highest BCUT2D eigenvalue weighted by molar-refractivity contribution is 7.89. The van der Waals surface area contributed by atoms with Crippen molar-refractivity contribution in [3.63, 3.8) is 0 Å². The Balaban J connectivity index is 1.93. The fourth-order valence-corrected chi connectivity index (χ4v) is 5.41. The van der Waals surface area contributed by atoms with Crippen LogP contribution in [-0.4, -0.2) is 31.9 Å². The number of nitrogens with zero attached hydrogens (tertiary/aromatic N) is 1. The van der Waals surface area contributed by atoms with Gasteiger partial charge in [-0.2, -0.15) is 4.31 Å². The van der Waals surface area contributed by atoms with Gasteiger partial charge in [0.2, 0.25) is 10.0 Å². The van der Waals surface area contributed by atoms with Crippen LogP contribution in [0.4, 0.5) is 0 Å². The maximum Gasteiger partial charge on any atom is 0.243 e. The van der Waals surface area contributed by atoms with E-state index in [9.17, 15) is 8.42 Å². The van der Waals surface area contributed by atoms with E-state index < -0.39 is 10.0 Å². The molecule has 1 aromatic carbocycles. The molecule has 0 amide bonds. The molecule has 0 aromatic heterocycles. The van der Waals surface area contributed by atoms with Crippen molar-refractivity contribution in [1.29, 1.82) is 0 Å². The van der Waals surface area contributed by atoms with Gasteiger partial charge in [0.05, 0.1) is 4.90 Å². The summed E-state index contributed by atoms with van der Waals surface area (Å²) in [5.41, 5.74) is 8.17. The summed E-state index contributed by atoms with van der Waals surface area (Å²) in [5.74, 6) is 0. The van der Waals surface area contributed by atoms with Crippen molar-refractivity contribution < 1.29 is 8.42 Å². The van der Waals surface area contributed by atoms with Gasteiger partial charge in [0.25, 0.3) is 0 Å². The molecule has 2 N–H and O–H groups in total. The molecule has 0 spiro atoms. The molecule has 1 fully saturated rings. The standard InChI is InChI=1S/C16H24N2O2S/c17-10-11-18(15-6-1-2-7-15)21(19,20)16-9-8-13-4-3-5-14(13)12-16/h8-9,12,15H,1-7,10-11,17H2. The fourth-order valence-electron chi connectivity index (χ4n) is 3.66. The zero-order valence-electron chi connectivity index (χ0n) is 12.4. The first-order valence-electron chi connectivity index (χ1n) is 7.96. The first kappa shape index (κ1) is 15.0. The summed E-state index contributed by atoms with van der Waals surface area (Å²) in [6.07, 6.45) is 7.36. The zero-order valence-corrected chi connectivity index (χ0v) is 13.2. The van der Waals surface area contributed by atoms with Crippen molar-refractivity contribution in [2.24, 2.45) is 5.73 Å². The van der Waals surface area contributed by atoms with E-state index in [1.807, 2.05) is 12.1 Å². The Morgan fingerprint density at radius 2 is 1.81 bits per heavy atom. The molecule has 0 bridgehead atoms. The first-order chi connectivity index (χ1) is 10.1. The molecule has 5 heteroatoms. The van der Waals surface area contributed by atoms with Crippen molar-refractivity contribution in [2.75, 3.05) is 13.1 Å². The highest BCUT2D eigenvalue weighted by atomic mass is 32.2. The summed E-state index contributed by atoms with van der Waals surface area (Å²) in [4.78, 5) is 0.448. The number of aryl methyl sites for hydroxylation is 2. The van der Waals surface area contributed by atoms with Crippen LogP contribution in [0.15, 0.2) is 23.1 Å². The third kappa shape index (κ3) is 2.87. The fraction of sp³-hybridized carbons (Fsp3) is 0.625. The molecular weight excluding hydrogens is 284 g/mol. The molecule has 4 nitrogen and oxygen atoms in total. The Bertz CT molecular complexity index is 607. The molecular formula is C16H24N2O2S. The Kier molecular flexibility index (Phi) is 4.33. The van der Waals surface area contributed by atoms with Gasteiger partial charge >= 0.3 is 0 Å². The van der Waals surface area contributed by atoms with E-state index in [-0.39, 0.29) is 6.04 Å². The third-order valence-electron chi connectivity index (χ3n) is 4.76. The first-order valence-corrected chi connectivity index (χ1v) is 9.40. The highest BCUT2D eigenvalue weighted by Crippen LogP contribution is 2.30. The second-order valence-corrected chi connectivity index (χ2v) is 8.02. The number of fused-ring (bicyclic) bond motifs is 1. The molecule has 0 aliphatic heterocycles. The van der Waals surface area contributed by atoms with Crippen LogP contribution in [0.5, 0.6) is 0 Å². The second kappa shape index (κ2) is 6.07. The average Bonchev–Trinajstić information content (AvgIpc) is 3.14. The molecule has 0 atom stereocenters. The number of hydrogen-bond donors (Lipinski definition) is 1. The lowest BCUT2D eigenvalue weighted by Gasteiger charge is -2.27. The summed E-state index contributed by atoms with van der Waals surface area (Å²) in [6.45, 7) is 0.796. The van der Waals surface area contributed by atoms with E-state index in [2.05, 4.69) is 0 Å². The number of nitrogens with two attached hydrogens (primary N) is 1. The van der Waals surface area contributed by atoms with Crippen molar-refractivity contribution in [3.8, 4) is 0 Å². The van der Waals surface area contributed by atoms with Crippen LogP contribution in [0.3, 0.4) is 0 Å². The summed E-state index contributed by atoms with van der Waals surface area (Å²) in [6, 6.07) is 5.78. The minimum Gasteiger partial charge on any atom is -0.329 e. The molecule has 1 aromatic rings. The minimum atomic E-state index is -3.41. The maximum atomic E-state index is 13.0. The number of sulfonamides is 1. The van der Waals surface area contributed by atoms with Gasteiger partial charge in [-0.15, -0.1) is 0 Å². The van der Waals surface area contributed by atoms with Gasteiger partial charge < -0.3 is 5.73 Å². The van der Waals surface area contributed by atoms with Gasteiger partial charge in [-0.3, -0.25) is 0 Å². The van der Waals surface area contributed by atoms with E-state index in [0.717, 1.165) is 44.9 Å². The predicted molar refractivity (Wildman–Crippen MR) is 83.7 cm³/mol. The molecule has 0 radical (unpaired) electrons. The Morgan fingerprint density at radius 1 is 1.10 bits per heavy atom. The number of benzene rings is 1. The van der Waals surface area contributed by atoms with E-state index in [4.69, 9.17) is 5.73 Å². The minimum absolute atomic E-state index is 0.131. The quantitative estimate of drug-likeness (QED) is 0.905. The van der Waals surface area contributed by atoms with Gasteiger partial charge in [0.15, 0.2) is 0 Å². The van der Waals surface area contributed by atoms with Crippen molar-refractivity contribution in [1.82, 2.24) is 4.31 Å². The summed E-state index contributed by atoms with van der Waals surface area (Å²) in [5, 5.41) is 0. The van der Waals surface area contributed by atoms with Crippen LogP contribution >= 0.6 is 0 Å². The Labute approximate surface area is 127 Å². The average molecular weight is 308 g/mol. The lowest BCUT2D eigenvalue weighted by molar-refractivity contribution is 0.328. The smallest absolute Gasteiger partial charge is 0.243 e. The molecule has 3 rings (SSSR count). The van der Waals surface area contributed by atoms with E-state index in [1.54, 1.807) is 10.4 Å². The second-order valence-electron chi connectivity index (χ2n) is 6.13. The van der Waals surface area contributed by atoms with Gasteiger partial charge in [0, 0.05) is 19.1 Å². The van der Waals surface area contributed by atoms with Crippen LogP contribution in [0.2, 0.25) is 0 Å². The van der Waals surface area contributed by atoms with E-state index in [0.29, 0.717) is 18.0 Å². The molecule has 0 saturated heterocycles. The largest absolute Gasteiger partial charge is 0.329 e. The zero-order chi connectivity index (χ0) is 14.9. The molecule has 0 heterocycles. The topological polar surface area (TPSA) is 63.4 Å². The Morgan fingerprint density at radius 3 is 2.52 bits per heavy atom. The van der Waals surface area contributed by atoms with Crippen molar-refractivity contribution in [3.05, 3.63) is 29.3 Å². The van der Waals surface area contributed by atoms with Gasteiger partial charge in [-0.05, 0) is 55.4 Å². The van der Waals surface area contributed by atoms with E-state index >= 15 is 0 Å². The lowest BCUT2D eigenvalue weighted by Crippen LogP contribution is -2.41. The predicted octanol–water partition coefficient (Wildman–Crippen LogP) is 2.07. The summed E-state index contributed by atoms with van der Waals surface area (Å²) in [7, 11) is -3.41. The summed E-state index contributed by atoms with van der Waals surface area (Å²) >= 11 is 0. The van der Waals surface area contributed by atoms with Crippen LogP contribution in [0, 0.1) is 0 Å².